The first-order valence-electron chi connectivity index (χ1n) is 10.2. The van der Waals surface area contributed by atoms with Crippen LogP contribution in [0.3, 0.4) is 0 Å². The van der Waals surface area contributed by atoms with Gasteiger partial charge in [0.2, 0.25) is 5.91 Å². The van der Waals surface area contributed by atoms with E-state index in [-0.39, 0.29) is 40.9 Å². The lowest BCUT2D eigenvalue weighted by atomic mass is 10.1. The maximum Gasteiger partial charge on any atom is 0.328 e. The van der Waals surface area contributed by atoms with Crippen LogP contribution in [0.1, 0.15) is 26.3 Å². The molecule has 1 aliphatic rings. The number of amides is 3. The first-order chi connectivity index (χ1) is 16.2. The van der Waals surface area contributed by atoms with E-state index in [4.69, 9.17) is 11.6 Å². The first kappa shape index (κ1) is 25.3. The number of phenols is 1. The van der Waals surface area contributed by atoms with Crippen LogP contribution >= 0.6 is 23.4 Å². The van der Waals surface area contributed by atoms with Gasteiger partial charge >= 0.3 is 5.97 Å². The number of phenolic OH excluding ortho intramolecular Hbond substituents is 1. The van der Waals surface area contributed by atoms with Crippen molar-refractivity contribution in [3.05, 3.63) is 64.2 Å². The van der Waals surface area contributed by atoms with E-state index in [9.17, 15) is 29.4 Å². The third-order valence-electron chi connectivity index (χ3n) is 4.96. The molecular weight excluding hydrogens is 484 g/mol. The summed E-state index contributed by atoms with van der Waals surface area (Å²) in [5.74, 6) is -1.56. The Morgan fingerprint density at radius 1 is 1.12 bits per heavy atom. The average molecular weight is 507 g/mol. The van der Waals surface area contributed by atoms with Gasteiger partial charge in [-0.05, 0) is 35.9 Å². The van der Waals surface area contributed by atoms with E-state index in [1.807, 2.05) is 0 Å². The number of halogens is 1. The highest BCUT2D eigenvalue weighted by Gasteiger charge is 2.26. The summed E-state index contributed by atoms with van der Waals surface area (Å²) in [4.78, 5) is 48.6. The molecular formula is C22H23ClN4O6S. The van der Waals surface area contributed by atoms with Gasteiger partial charge in [0.25, 0.3) is 11.8 Å². The molecule has 0 aromatic heterocycles. The van der Waals surface area contributed by atoms with Gasteiger partial charge in [0.15, 0.2) is 0 Å². The van der Waals surface area contributed by atoms with E-state index < -0.39 is 29.9 Å². The highest BCUT2D eigenvalue weighted by molar-refractivity contribution is 7.99. The van der Waals surface area contributed by atoms with Crippen LogP contribution in [0.25, 0.3) is 0 Å². The van der Waals surface area contributed by atoms with Crippen LogP contribution in [0, 0.1) is 0 Å². The molecule has 10 nitrogen and oxygen atoms in total. The summed E-state index contributed by atoms with van der Waals surface area (Å²) in [6.07, 6.45) is 0. The van der Waals surface area contributed by atoms with Crippen molar-refractivity contribution in [1.82, 2.24) is 21.3 Å². The van der Waals surface area contributed by atoms with Crippen LogP contribution in [0.5, 0.6) is 5.75 Å². The minimum absolute atomic E-state index is 0.0161. The van der Waals surface area contributed by atoms with Crippen molar-refractivity contribution in [1.29, 1.82) is 0 Å². The lowest BCUT2D eigenvalue weighted by molar-refractivity contribution is -0.139. The number of benzene rings is 2. The van der Waals surface area contributed by atoms with Gasteiger partial charge in [0.05, 0.1) is 16.6 Å². The summed E-state index contributed by atoms with van der Waals surface area (Å²) >= 11 is 7.74. The van der Waals surface area contributed by atoms with Crippen LogP contribution in [0.15, 0.2) is 42.5 Å². The topological polar surface area (TPSA) is 157 Å². The Balaban J connectivity index is 1.58. The van der Waals surface area contributed by atoms with Crippen LogP contribution in [0.2, 0.25) is 5.02 Å². The molecule has 6 N–H and O–H groups in total. The summed E-state index contributed by atoms with van der Waals surface area (Å²) in [7, 11) is 0. The molecule has 2 atom stereocenters. The fourth-order valence-corrected chi connectivity index (χ4v) is 4.33. The SMILES string of the molecule is O=C(NCc1cccc(O)c1)c1ccc(C(=O)N[C@@H](CNC(=O)[C@@H]2CSCN2)C(=O)O)c(Cl)c1. The quantitative estimate of drug-likeness (QED) is 0.293. The van der Waals surface area contributed by atoms with Crippen molar-refractivity contribution in [2.45, 2.75) is 18.6 Å². The average Bonchev–Trinajstić information content (AvgIpc) is 3.34. The predicted molar refractivity (Wildman–Crippen MR) is 127 cm³/mol. The third-order valence-corrected chi connectivity index (χ3v) is 6.21. The second kappa shape index (κ2) is 11.7. The van der Waals surface area contributed by atoms with Crippen LogP contribution in [-0.4, -0.2) is 64.2 Å². The molecule has 0 aliphatic carbocycles. The van der Waals surface area contributed by atoms with Gasteiger partial charge in [-0.2, -0.15) is 0 Å². The fourth-order valence-electron chi connectivity index (χ4n) is 3.12. The molecule has 180 valence electrons. The fraction of sp³-hybridized carbons (Fsp3) is 0.273. The van der Waals surface area contributed by atoms with Crippen molar-refractivity contribution in [3.8, 4) is 5.75 Å². The Kier molecular flexibility index (Phi) is 8.74. The maximum atomic E-state index is 12.6. The molecule has 1 saturated heterocycles. The van der Waals surface area contributed by atoms with E-state index in [1.54, 1.807) is 23.9 Å². The number of nitrogens with one attached hydrogen (secondary N) is 4. The molecule has 0 unspecified atom stereocenters. The molecule has 1 aliphatic heterocycles. The number of rotatable bonds is 9. The molecule has 0 radical (unpaired) electrons. The Bertz CT molecular complexity index is 1090. The molecule has 2 aromatic carbocycles. The van der Waals surface area contributed by atoms with Gasteiger partial charge in [-0.15, -0.1) is 11.8 Å². The second-order valence-electron chi connectivity index (χ2n) is 7.43. The van der Waals surface area contributed by atoms with Crippen molar-refractivity contribution in [3.63, 3.8) is 0 Å². The van der Waals surface area contributed by atoms with Crippen molar-refractivity contribution < 1.29 is 29.4 Å². The van der Waals surface area contributed by atoms with Crippen molar-refractivity contribution in [2.75, 3.05) is 18.2 Å². The molecule has 0 saturated carbocycles. The normalized spacial score (nSPS) is 15.9. The maximum absolute atomic E-state index is 12.6. The van der Waals surface area contributed by atoms with Gasteiger partial charge in [0, 0.05) is 30.3 Å². The summed E-state index contributed by atoms with van der Waals surface area (Å²) in [5, 5.41) is 29.4. The molecule has 12 heteroatoms. The Hall–Kier alpha value is -3.28. The van der Waals surface area contributed by atoms with E-state index in [2.05, 4.69) is 21.3 Å². The minimum Gasteiger partial charge on any atom is -0.508 e. The Morgan fingerprint density at radius 3 is 2.56 bits per heavy atom. The molecule has 0 bridgehead atoms. The minimum atomic E-state index is -1.37. The number of aliphatic carboxylic acids is 1. The zero-order valence-electron chi connectivity index (χ0n) is 17.8. The highest BCUT2D eigenvalue weighted by atomic mass is 35.5. The predicted octanol–water partition coefficient (Wildman–Crippen LogP) is 0.937. The van der Waals surface area contributed by atoms with E-state index in [1.165, 1.54) is 30.3 Å². The summed E-state index contributed by atoms with van der Waals surface area (Å²) in [6, 6.07) is 8.66. The van der Waals surface area contributed by atoms with Crippen LogP contribution in [-0.2, 0) is 16.1 Å². The summed E-state index contributed by atoms with van der Waals surface area (Å²) in [6.45, 7) is -0.121. The number of hydrogen-bond acceptors (Lipinski definition) is 7. The number of carboxylic acid groups (broad SMARTS) is 1. The van der Waals surface area contributed by atoms with Crippen molar-refractivity contribution in [2.24, 2.45) is 0 Å². The molecule has 1 heterocycles. The van der Waals surface area contributed by atoms with Crippen LogP contribution < -0.4 is 21.3 Å². The molecule has 1 fully saturated rings. The van der Waals surface area contributed by atoms with E-state index in [0.717, 1.165) is 0 Å². The standard InChI is InChI=1S/C22H23ClN4O6S/c23-16-7-13(19(29)24-8-12-2-1-3-14(28)6-12)4-5-15(16)20(30)27-17(22(32)33)9-25-21(31)18-10-34-11-26-18/h1-7,17-18,26,28H,8-11H2,(H,24,29)(H,25,31)(H,27,30)(H,32,33)/t17-,18-/m0/s1. The Morgan fingerprint density at radius 2 is 1.91 bits per heavy atom. The summed E-state index contributed by atoms with van der Waals surface area (Å²) < 4.78 is 0. The number of aromatic hydroxyl groups is 1. The largest absolute Gasteiger partial charge is 0.508 e. The van der Waals surface area contributed by atoms with Crippen molar-refractivity contribution >= 4 is 47.1 Å². The van der Waals surface area contributed by atoms with Gasteiger partial charge in [-0.1, -0.05) is 23.7 Å². The van der Waals surface area contributed by atoms with Gasteiger partial charge in [-0.25, -0.2) is 4.79 Å². The molecule has 2 aromatic rings. The smallest absolute Gasteiger partial charge is 0.328 e. The van der Waals surface area contributed by atoms with Gasteiger partial charge in [0.1, 0.15) is 11.8 Å². The third kappa shape index (κ3) is 6.86. The lowest BCUT2D eigenvalue weighted by Crippen LogP contribution is -2.51. The zero-order chi connectivity index (χ0) is 24.7. The summed E-state index contributed by atoms with van der Waals surface area (Å²) in [5.41, 5.74) is 0.882. The highest BCUT2D eigenvalue weighted by Crippen LogP contribution is 2.19. The number of carbonyl (C=O) groups excluding carboxylic acids is 3. The molecule has 0 spiro atoms. The molecule has 3 amide bonds. The molecule has 34 heavy (non-hydrogen) atoms. The second-order valence-corrected chi connectivity index (χ2v) is 8.87. The van der Waals surface area contributed by atoms with E-state index in [0.29, 0.717) is 17.2 Å². The van der Waals surface area contributed by atoms with Gasteiger partial charge < -0.3 is 26.2 Å². The number of carboxylic acids is 1. The molecule has 3 rings (SSSR count). The van der Waals surface area contributed by atoms with E-state index >= 15 is 0 Å². The van der Waals surface area contributed by atoms with Crippen LogP contribution in [0.4, 0.5) is 0 Å². The zero-order valence-corrected chi connectivity index (χ0v) is 19.4. The number of carbonyl (C=O) groups is 4. The Labute approximate surface area is 204 Å². The number of thioether (sulfide) groups is 1. The van der Waals surface area contributed by atoms with Gasteiger partial charge in [-0.3, -0.25) is 19.7 Å². The lowest BCUT2D eigenvalue weighted by Gasteiger charge is -2.17. The number of hydrogen-bond donors (Lipinski definition) is 6. The monoisotopic (exact) mass is 506 g/mol. The first-order valence-corrected chi connectivity index (χ1v) is 11.8.